The van der Waals surface area contributed by atoms with Crippen LogP contribution in [0.1, 0.15) is 35.6 Å². The van der Waals surface area contributed by atoms with Crippen LogP contribution in [0.3, 0.4) is 0 Å². The van der Waals surface area contributed by atoms with Gasteiger partial charge in [0.2, 0.25) is 0 Å². The van der Waals surface area contributed by atoms with Gasteiger partial charge in [-0.15, -0.1) is 0 Å². The molecule has 1 aliphatic carbocycles. The third-order valence-corrected chi connectivity index (χ3v) is 8.00. The molecular weight excluding hydrogens is 480 g/mol. The van der Waals surface area contributed by atoms with E-state index in [0.29, 0.717) is 0 Å². The van der Waals surface area contributed by atoms with Crippen LogP contribution in [-0.4, -0.2) is 73.5 Å². The van der Waals surface area contributed by atoms with Crippen LogP contribution in [0.5, 0.6) is 0 Å². The first-order valence-electron chi connectivity index (χ1n) is 14.3. The Morgan fingerprint density at radius 3 is 1.87 bits per heavy atom. The summed E-state index contributed by atoms with van der Waals surface area (Å²) < 4.78 is 5.67. The van der Waals surface area contributed by atoms with Gasteiger partial charge in [-0.25, -0.2) is 0 Å². The summed E-state index contributed by atoms with van der Waals surface area (Å²) in [6.07, 6.45) is 6.61. The largest absolute Gasteiger partial charge is 0.378 e. The summed E-state index contributed by atoms with van der Waals surface area (Å²) in [4.78, 5) is 5.11. The van der Waals surface area contributed by atoms with Crippen molar-refractivity contribution in [3.63, 3.8) is 0 Å². The fourth-order valence-corrected chi connectivity index (χ4v) is 6.04. The summed E-state index contributed by atoms with van der Waals surface area (Å²) in [6.45, 7) is 7.30. The molecular formula is C34H38N4O. The maximum Gasteiger partial charge on any atom is 0.0642 e. The molecule has 0 atom stereocenters. The zero-order valence-electron chi connectivity index (χ0n) is 22.7. The minimum atomic E-state index is 0.273. The van der Waals surface area contributed by atoms with Gasteiger partial charge in [-0.1, -0.05) is 91.0 Å². The molecule has 0 radical (unpaired) electrons. The molecule has 0 saturated carbocycles. The zero-order valence-corrected chi connectivity index (χ0v) is 22.7. The van der Waals surface area contributed by atoms with Crippen LogP contribution in [0.25, 0.3) is 6.08 Å². The lowest BCUT2D eigenvalue weighted by molar-refractivity contribution is 0.0548. The van der Waals surface area contributed by atoms with Crippen LogP contribution in [-0.2, 0) is 4.74 Å². The molecule has 5 nitrogen and oxygen atoms in total. The lowest BCUT2D eigenvalue weighted by Gasteiger charge is -2.38. The molecule has 3 aromatic rings. The van der Waals surface area contributed by atoms with E-state index in [-0.39, 0.29) is 6.04 Å². The van der Waals surface area contributed by atoms with Crippen LogP contribution in [0, 0.1) is 0 Å². The zero-order chi connectivity index (χ0) is 26.3. The van der Waals surface area contributed by atoms with Gasteiger partial charge in [-0.05, 0) is 46.8 Å². The first-order valence-corrected chi connectivity index (χ1v) is 14.3. The molecule has 2 aliphatic heterocycles. The van der Waals surface area contributed by atoms with Gasteiger partial charge >= 0.3 is 0 Å². The maximum absolute atomic E-state index is 5.67. The van der Waals surface area contributed by atoms with Crippen molar-refractivity contribution in [2.75, 3.05) is 52.5 Å². The summed E-state index contributed by atoms with van der Waals surface area (Å²) in [5.74, 6) is 0. The predicted octanol–water partition coefficient (Wildman–Crippen LogP) is 5.84. The molecule has 0 aromatic heterocycles. The summed E-state index contributed by atoms with van der Waals surface area (Å²) in [7, 11) is 0. The van der Waals surface area contributed by atoms with E-state index in [1.54, 1.807) is 0 Å². The number of benzene rings is 3. The Kier molecular flexibility index (Phi) is 8.18. The molecule has 0 unspecified atom stereocenters. The van der Waals surface area contributed by atoms with E-state index >= 15 is 0 Å². The van der Waals surface area contributed by atoms with Crippen LogP contribution in [0.4, 0.5) is 0 Å². The maximum atomic E-state index is 5.67. The molecule has 2 fully saturated rings. The van der Waals surface area contributed by atoms with Crippen molar-refractivity contribution in [2.45, 2.75) is 18.9 Å². The van der Waals surface area contributed by atoms with Crippen LogP contribution in [0.15, 0.2) is 113 Å². The summed E-state index contributed by atoms with van der Waals surface area (Å²) in [5, 5.41) is 7.29. The third kappa shape index (κ3) is 6.16. The van der Waals surface area contributed by atoms with Crippen LogP contribution >= 0.6 is 0 Å². The minimum Gasteiger partial charge on any atom is -0.378 e. The number of allylic oxidation sites excluding steroid dienone is 2. The standard InChI is InChI=1S/C34H38N4O/c1-4-10-28(11-5-1)26-31-16-17-32(34(31)37-22-24-39-25-23-37)27-35-38-20-18-36(19-21-38)33(29-12-6-2-7-13-29)30-14-8-3-9-15-30/h1-15,26-27,33H,16-25H2. The van der Waals surface area contributed by atoms with Gasteiger partial charge < -0.3 is 9.64 Å². The fraction of sp³-hybridized carbons (Fsp3) is 0.324. The molecule has 3 aliphatic rings. The number of morpholine rings is 1. The molecule has 2 heterocycles. The highest BCUT2D eigenvalue weighted by Gasteiger charge is 2.27. The number of ether oxygens (including phenoxy) is 1. The topological polar surface area (TPSA) is 31.3 Å². The van der Waals surface area contributed by atoms with Gasteiger partial charge in [-0.3, -0.25) is 9.91 Å². The van der Waals surface area contributed by atoms with Gasteiger partial charge in [0, 0.05) is 45.0 Å². The molecule has 6 rings (SSSR count). The predicted molar refractivity (Wildman–Crippen MR) is 159 cm³/mol. The van der Waals surface area contributed by atoms with E-state index in [2.05, 4.69) is 118 Å². The molecule has 2 saturated heterocycles. The van der Waals surface area contributed by atoms with E-state index < -0.39 is 0 Å². The van der Waals surface area contributed by atoms with Gasteiger partial charge in [-0.2, -0.15) is 5.10 Å². The highest BCUT2D eigenvalue weighted by Crippen LogP contribution is 2.35. The van der Waals surface area contributed by atoms with Crippen molar-refractivity contribution in [1.82, 2.24) is 14.8 Å². The van der Waals surface area contributed by atoms with Gasteiger partial charge in [0.1, 0.15) is 0 Å². The Morgan fingerprint density at radius 2 is 1.26 bits per heavy atom. The Bertz CT molecular complexity index is 1250. The molecule has 0 bridgehead atoms. The van der Waals surface area contributed by atoms with Crippen LogP contribution in [0.2, 0.25) is 0 Å². The number of nitrogens with zero attached hydrogens (tertiary/aromatic N) is 4. The number of hydrazone groups is 1. The minimum absolute atomic E-state index is 0.273. The second kappa shape index (κ2) is 12.5. The summed E-state index contributed by atoms with van der Waals surface area (Å²) in [5.41, 5.74) is 8.11. The normalized spacial score (nSPS) is 20.1. The first-order chi connectivity index (χ1) is 19.3. The third-order valence-electron chi connectivity index (χ3n) is 8.00. The van der Waals surface area contributed by atoms with E-state index in [1.807, 2.05) is 0 Å². The highest BCUT2D eigenvalue weighted by molar-refractivity contribution is 5.83. The number of hydrogen-bond acceptors (Lipinski definition) is 5. The average Bonchev–Trinajstić information content (AvgIpc) is 3.41. The van der Waals surface area contributed by atoms with Crippen molar-refractivity contribution in [2.24, 2.45) is 5.10 Å². The Morgan fingerprint density at radius 1 is 0.667 bits per heavy atom. The molecule has 0 spiro atoms. The lowest BCUT2D eigenvalue weighted by atomic mass is 9.96. The van der Waals surface area contributed by atoms with Gasteiger partial charge in [0.25, 0.3) is 0 Å². The summed E-state index contributed by atoms with van der Waals surface area (Å²) in [6, 6.07) is 32.7. The molecule has 5 heteroatoms. The SMILES string of the molecule is C(=NN1CCN(C(c2ccccc2)c2ccccc2)CC1)C1=C(N2CCOCC2)C(=Cc2ccccc2)CC1. The van der Waals surface area contributed by atoms with Crippen molar-refractivity contribution >= 4 is 12.3 Å². The van der Waals surface area contributed by atoms with E-state index in [1.165, 1.54) is 33.5 Å². The number of piperazine rings is 1. The number of rotatable bonds is 7. The van der Waals surface area contributed by atoms with E-state index in [4.69, 9.17) is 9.84 Å². The monoisotopic (exact) mass is 518 g/mol. The number of hydrogen-bond donors (Lipinski definition) is 0. The van der Waals surface area contributed by atoms with Crippen molar-refractivity contribution in [3.8, 4) is 0 Å². The second-order valence-electron chi connectivity index (χ2n) is 10.5. The van der Waals surface area contributed by atoms with Crippen molar-refractivity contribution < 1.29 is 4.74 Å². The Balaban J connectivity index is 1.18. The molecule has 0 amide bonds. The molecule has 39 heavy (non-hydrogen) atoms. The Labute approximate surface area is 232 Å². The van der Waals surface area contributed by atoms with E-state index in [9.17, 15) is 0 Å². The molecule has 0 N–H and O–H groups in total. The smallest absolute Gasteiger partial charge is 0.0642 e. The van der Waals surface area contributed by atoms with Gasteiger partial charge in [0.05, 0.1) is 25.5 Å². The highest BCUT2D eigenvalue weighted by atomic mass is 16.5. The second-order valence-corrected chi connectivity index (χ2v) is 10.5. The Hall–Kier alpha value is -3.67. The molecule has 200 valence electrons. The van der Waals surface area contributed by atoms with E-state index in [0.717, 1.165) is 65.3 Å². The van der Waals surface area contributed by atoms with Crippen molar-refractivity contribution in [1.29, 1.82) is 0 Å². The van der Waals surface area contributed by atoms with Crippen LogP contribution < -0.4 is 0 Å². The molecule has 3 aromatic carbocycles. The average molecular weight is 519 g/mol. The van der Waals surface area contributed by atoms with Gasteiger partial charge in [0.15, 0.2) is 0 Å². The first kappa shape index (κ1) is 25.6. The quantitative estimate of drug-likeness (QED) is 0.368. The fourth-order valence-electron chi connectivity index (χ4n) is 6.04. The van der Waals surface area contributed by atoms with Crippen molar-refractivity contribution in [3.05, 3.63) is 125 Å². The summed E-state index contributed by atoms with van der Waals surface area (Å²) >= 11 is 0. The lowest BCUT2D eigenvalue weighted by Crippen LogP contribution is -2.46.